The van der Waals surface area contributed by atoms with E-state index in [1.54, 1.807) is 0 Å². The monoisotopic (exact) mass is 699 g/mol. The van der Waals surface area contributed by atoms with Crippen LogP contribution in [0.1, 0.15) is 11.1 Å². The molecule has 254 valence electrons. The number of hydrogen-bond donors (Lipinski definition) is 0. The highest BCUT2D eigenvalue weighted by atomic mass is 15.0. The minimum Gasteiger partial charge on any atom is -0.309 e. The van der Waals surface area contributed by atoms with Crippen LogP contribution in [0, 0.1) is 22.7 Å². The van der Waals surface area contributed by atoms with Crippen LogP contribution >= 0.6 is 0 Å². The lowest BCUT2D eigenvalue weighted by atomic mass is 9.97. The van der Waals surface area contributed by atoms with Crippen molar-refractivity contribution in [1.82, 2.24) is 13.7 Å². The molecule has 0 N–H and O–H groups in total. The van der Waals surface area contributed by atoms with Gasteiger partial charge in [-0.25, -0.2) is 0 Å². The Balaban J connectivity index is 1.10. The van der Waals surface area contributed by atoms with Crippen LogP contribution in [0.3, 0.4) is 0 Å². The van der Waals surface area contributed by atoms with Crippen LogP contribution in [0.4, 0.5) is 0 Å². The molecule has 5 heteroatoms. The second-order valence-corrected chi connectivity index (χ2v) is 14.0. The molecule has 55 heavy (non-hydrogen) atoms. The topological polar surface area (TPSA) is 62.4 Å². The summed E-state index contributed by atoms with van der Waals surface area (Å²) in [5.74, 6) is 0. The van der Waals surface area contributed by atoms with Crippen molar-refractivity contribution in [1.29, 1.82) is 10.5 Å². The fraction of sp³-hybridized carbons (Fsp3) is 0. The van der Waals surface area contributed by atoms with E-state index in [0.717, 1.165) is 71.8 Å². The lowest BCUT2D eigenvalue weighted by Crippen LogP contribution is -2.00. The number of para-hydroxylation sites is 4. The zero-order chi connectivity index (χ0) is 36.6. The van der Waals surface area contributed by atoms with Gasteiger partial charge < -0.3 is 13.7 Å². The van der Waals surface area contributed by atoms with Crippen molar-refractivity contribution in [3.63, 3.8) is 0 Å². The molecule has 0 bridgehead atoms. The van der Waals surface area contributed by atoms with Crippen LogP contribution < -0.4 is 0 Å². The Kier molecular flexibility index (Phi) is 6.61. The van der Waals surface area contributed by atoms with Gasteiger partial charge in [0.25, 0.3) is 0 Å². The molecule has 0 radical (unpaired) electrons. The molecule has 3 aromatic heterocycles. The van der Waals surface area contributed by atoms with Crippen LogP contribution in [0.25, 0.3) is 93.6 Å². The highest BCUT2D eigenvalue weighted by Gasteiger charge is 2.20. The Morgan fingerprint density at radius 1 is 0.345 bits per heavy atom. The summed E-state index contributed by atoms with van der Waals surface area (Å²) in [7, 11) is 0. The highest BCUT2D eigenvalue weighted by molar-refractivity contribution is 6.13. The fourth-order valence-corrected chi connectivity index (χ4v) is 8.78. The first kappa shape index (κ1) is 30.7. The summed E-state index contributed by atoms with van der Waals surface area (Å²) in [4.78, 5) is 0. The summed E-state index contributed by atoms with van der Waals surface area (Å²) in [6.45, 7) is 0. The SMILES string of the molecule is N#Cc1ccc2c(c1)c1ccccc1n2-c1ccc(-c2c(C#N)cccc2-n2c3ccccc3c3cc(-n4c5ccccc5c5ccccc54)ccc32)cc1. The molecule has 0 atom stereocenters. The average molecular weight is 700 g/mol. The van der Waals surface area contributed by atoms with Crippen LogP contribution in [0.5, 0.6) is 0 Å². The van der Waals surface area contributed by atoms with Gasteiger partial charge in [0.2, 0.25) is 0 Å². The minimum atomic E-state index is 0.610. The smallest absolute Gasteiger partial charge is 0.0998 e. The first-order valence-electron chi connectivity index (χ1n) is 18.3. The zero-order valence-electron chi connectivity index (χ0n) is 29.5. The van der Waals surface area contributed by atoms with Gasteiger partial charge in [-0.3, -0.25) is 0 Å². The molecule has 11 aromatic rings. The van der Waals surface area contributed by atoms with Gasteiger partial charge in [0.15, 0.2) is 0 Å². The predicted molar refractivity (Wildman–Crippen MR) is 224 cm³/mol. The standard InChI is InChI=1S/C50H29N5/c51-30-32-20-26-47-41(28-32)39-13-3-7-17-45(39)53(47)35-23-21-33(22-24-35)50-34(31-52)10-9-19-49(50)55-46-18-8-4-14-40(46)42-29-36(25-27-48(42)55)54-43-15-5-1-11-37(43)38-12-2-6-16-44(38)54/h1-29H. The molecular weight excluding hydrogens is 671 g/mol. The number of hydrogen-bond acceptors (Lipinski definition) is 2. The molecule has 8 aromatic carbocycles. The van der Waals surface area contributed by atoms with Crippen molar-refractivity contribution >= 4 is 65.4 Å². The number of fused-ring (bicyclic) bond motifs is 9. The molecular formula is C50H29N5. The summed E-state index contributed by atoms with van der Waals surface area (Å²) >= 11 is 0. The Bertz CT molecular complexity index is 3400. The van der Waals surface area contributed by atoms with Gasteiger partial charge in [0.05, 0.1) is 62.1 Å². The van der Waals surface area contributed by atoms with Crippen LogP contribution in [-0.2, 0) is 0 Å². The number of aromatic nitrogens is 3. The maximum absolute atomic E-state index is 10.5. The van der Waals surface area contributed by atoms with Gasteiger partial charge in [0, 0.05) is 49.3 Å². The molecule has 0 unspecified atom stereocenters. The third kappa shape index (κ3) is 4.45. The molecule has 0 fully saturated rings. The second-order valence-electron chi connectivity index (χ2n) is 14.0. The number of nitriles is 2. The quantitative estimate of drug-likeness (QED) is 0.184. The lowest BCUT2D eigenvalue weighted by Gasteiger charge is -2.16. The van der Waals surface area contributed by atoms with Crippen molar-refractivity contribution in [2.75, 3.05) is 0 Å². The molecule has 0 aliphatic heterocycles. The third-order valence-corrected chi connectivity index (χ3v) is 11.1. The van der Waals surface area contributed by atoms with Crippen molar-refractivity contribution in [3.8, 4) is 40.3 Å². The van der Waals surface area contributed by atoms with E-state index in [1.807, 2.05) is 42.5 Å². The lowest BCUT2D eigenvalue weighted by molar-refractivity contribution is 1.16. The van der Waals surface area contributed by atoms with Gasteiger partial charge in [-0.1, -0.05) is 91.0 Å². The van der Waals surface area contributed by atoms with Crippen molar-refractivity contribution < 1.29 is 0 Å². The molecule has 3 heterocycles. The van der Waals surface area contributed by atoms with E-state index in [0.29, 0.717) is 11.1 Å². The minimum absolute atomic E-state index is 0.610. The summed E-state index contributed by atoms with van der Waals surface area (Å²) in [6.07, 6.45) is 0. The summed E-state index contributed by atoms with van der Waals surface area (Å²) in [5.41, 5.74) is 12.7. The van der Waals surface area contributed by atoms with E-state index in [4.69, 9.17) is 0 Å². The number of rotatable bonds is 4. The molecule has 0 aliphatic carbocycles. The molecule has 0 amide bonds. The first-order chi connectivity index (χ1) is 27.2. The molecule has 11 rings (SSSR count). The summed E-state index contributed by atoms with van der Waals surface area (Å²) in [5, 5.41) is 27.1. The Morgan fingerprint density at radius 3 is 1.42 bits per heavy atom. The number of nitrogens with zero attached hydrogens (tertiary/aromatic N) is 5. The van der Waals surface area contributed by atoms with Gasteiger partial charge in [-0.15, -0.1) is 0 Å². The van der Waals surface area contributed by atoms with Gasteiger partial charge >= 0.3 is 0 Å². The van der Waals surface area contributed by atoms with Crippen LogP contribution in [0.2, 0.25) is 0 Å². The fourth-order valence-electron chi connectivity index (χ4n) is 8.78. The summed E-state index contributed by atoms with van der Waals surface area (Å²) in [6, 6.07) is 66.0. The Morgan fingerprint density at radius 2 is 0.818 bits per heavy atom. The van der Waals surface area contributed by atoms with Gasteiger partial charge in [-0.05, 0) is 90.5 Å². The maximum atomic E-state index is 10.5. The molecule has 0 spiro atoms. The third-order valence-electron chi connectivity index (χ3n) is 11.1. The van der Waals surface area contributed by atoms with E-state index in [9.17, 15) is 10.5 Å². The molecule has 0 saturated carbocycles. The van der Waals surface area contributed by atoms with Crippen molar-refractivity contribution in [2.24, 2.45) is 0 Å². The molecule has 0 saturated heterocycles. The Hall–Kier alpha value is -7.86. The van der Waals surface area contributed by atoms with Crippen molar-refractivity contribution in [3.05, 3.63) is 187 Å². The van der Waals surface area contributed by atoms with Crippen LogP contribution in [0.15, 0.2) is 176 Å². The van der Waals surface area contributed by atoms with E-state index in [-0.39, 0.29) is 0 Å². The molecule has 5 nitrogen and oxygen atoms in total. The zero-order valence-corrected chi connectivity index (χ0v) is 29.5. The van der Waals surface area contributed by atoms with Gasteiger partial charge in [0.1, 0.15) is 0 Å². The highest BCUT2D eigenvalue weighted by Crippen LogP contribution is 2.41. The van der Waals surface area contributed by atoms with Crippen LogP contribution in [-0.4, -0.2) is 13.7 Å². The van der Waals surface area contributed by atoms with E-state index in [2.05, 4.69) is 159 Å². The maximum Gasteiger partial charge on any atom is 0.0998 e. The van der Waals surface area contributed by atoms with E-state index < -0.39 is 0 Å². The van der Waals surface area contributed by atoms with Crippen molar-refractivity contribution in [2.45, 2.75) is 0 Å². The molecule has 0 aliphatic rings. The summed E-state index contributed by atoms with van der Waals surface area (Å²) < 4.78 is 6.91. The average Bonchev–Trinajstić information content (AvgIpc) is 3.88. The predicted octanol–water partition coefficient (Wildman–Crippen LogP) is 12.4. The number of benzene rings is 8. The Labute approximate surface area is 316 Å². The second kappa shape index (κ2) is 11.8. The van der Waals surface area contributed by atoms with E-state index >= 15 is 0 Å². The first-order valence-corrected chi connectivity index (χ1v) is 18.3. The van der Waals surface area contributed by atoms with Gasteiger partial charge in [-0.2, -0.15) is 10.5 Å². The largest absolute Gasteiger partial charge is 0.309 e. The van der Waals surface area contributed by atoms with E-state index in [1.165, 1.54) is 21.8 Å². The normalized spacial score (nSPS) is 11.6.